The Hall–Kier alpha value is -3.32. The molecule has 0 bridgehead atoms. The molecule has 3 rings (SSSR count). The molecule has 1 N–H and O–H groups in total. The number of hydrogen-bond acceptors (Lipinski definition) is 5. The van der Waals surface area contributed by atoms with Crippen molar-refractivity contribution in [1.82, 2.24) is 9.78 Å². The molecule has 0 fully saturated rings. The Balaban J connectivity index is 1.82. The van der Waals surface area contributed by atoms with Gasteiger partial charge in [-0.3, -0.25) is 4.79 Å². The van der Waals surface area contributed by atoms with Crippen molar-refractivity contribution in [3.63, 3.8) is 0 Å². The van der Waals surface area contributed by atoms with Crippen molar-refractivity contribution in [2.24, 2.45) is 0 Å². The summed E-state index contributed by atoms with van der Waals surface area (Å²) in [6.45, 7) is 2.84. The maximum absolute atomic E-state index is 12.9. The van der Waals surface area contributed by atoms with Gasteiger partial charge in [0.15, 0.2) is 11.5 Å². The third-order valence-corrected chi connectivity index (χ3v) is 4.42. The number of carbonyl (C=O) groups excluding carboxylic acids is 1. The molecule has 0 saturated heterocycles. The highest BCUT2D eigenvalue weighted by Gasteiger charge is 2.18. The molecular weight excluding hydrogens is 370 g/mol. The number of rotatable bonds is 9. The maximum atomic E-state index is 12.9. The third kappa shape index (κ3) is 4.75. The number of anilines is 1. The van der Waals surface area contributed by atoms with Crippen LogP contribution in [-0.4, -0.2) is 43.1 Å². The summed E-state index contributed by atoms with van der Waals surface area (Å²) in [5.41, 5.74) is 2.91. The van der Waals surface area contributed by atoms with E-state index < -0.39 is 0 Å². The summed E-state index contributed by atoms with van der Waals surface area (Å²) in [4.78, 5) is 12.9. The van der Waals surface area contributed by atoms with Crippen molar-refractivity contribution in [2.45, 2.75) is 13.3 Å². The minimum Gasteiger partial charge on any atom is -0.493 e. The second-order valence-electron chi connectivity index (χ2n) is 6.27. The Labute approximate surface area is 170 Å². The van der Waals surface area contributed by atoms with Crippen LogP contribution in [0.4, 0.5) is 5.69 Å². The first kappa shape index (κ1) is 20.4. The minimum atomic E-state index is -0.225. The molecule has 7 nitrogen and oxygen atoms in total. The highest BCUT2D eigenvalue weighted by atomic mass is 16.5. The summed E-state index contributed by atoms with van der Waals surface area (Å²) >= 11 is 0. The number of hydrogen-bond donors (Lipinski definition) is 1. The Morgan fingerprint density at radius 2 is 1.86 bits per heavy atom. The molecule has 0 radical (unpaired) electrons. The van der Waals surface area contributed by atoms with Gasteiger partial charge in [-0.25, -0.2) is 4.68 Å². The van der Waals surface area contributed by atoms with Crippen LogP contribution >= 0.6 is 0 Å². The summed E-state index contributed by atoms with van der Waals surface area (Å²) in [6, 6.07) is 15.0. The van der Waals surface area contributed by atoms with Crippen LogP contribution in [0.5, 0.6) is 11.5 Å². The van der Waals surface area contributed by atoms with Crippen LogP contribution in [0.15, 0.2) is 54.7 Å². The summed E-state index contributed by atoms with van der Waals surface area (Å²) in [7, 11) is 3.18. The van der Waals surface area contributed by atoms with Crippen LogP contribution in [-0.2, 0) is 11.2 Å². The second-order valence-corrected chi connectivity index (χ2v) is 6.27. The van der Waals surface area contributed by atoms with Gasteiger partial charge >= 0.3 is 0 Å². The largest absolute Gasteiger partial charge is 0.493 e. The van der Waals surface area contributed by atoms with Crippen LogP contribution in [0.25, 0.3) is 5.69 Å². The van der Waals surface area contributed by atoms with Crippen molar-refractivity contribution >= 4 is 11.6 Å². The first-order valence-corrected chi connectivity index (χ1v) is 9.41. The number of methoxy groups -OCH3 is 2. The van der Waals surface area contributed by atoms with Gasteiger partial charge in [0, 0.05) is 18.9 Å². The topological polar surface area (TPSA) is 74.6 Å². The molecule has 1 amide bonds. The van der Waals surface area contributed by atoms with Crippen molar-refractivity contribution in [2.75, 3.05) is 32.8 Å². The lowest BCUT2D eigenvalue weighted by atomic mass is 10.1. The Bertz CT molecular complexity index is 954. The minimum absolute atomic E-state index is 0.225. The number of carbonyl (C=O) groups is 1. The van der Waals surface area contributed by atoms with Gasteiger partial charge in [0.25, 0.3) is 5.91 Å². The first-order chi connectivity index (χ1) is 14.2. The average Bonchev–Trinajstić information content (AvgIpc) is 3.19. The molecule has 1 aromatic heterocycles. The van der Waals surface area contributed by atoms with Gasteiger partial charge in [0.1, 0.15) is 6.61 Å². The SMILES string of the molecule is CCc1c(C(=O)Nc2ccc(OC)c(OCCOC)c2)cnn1-c1ccccc1. The second kappa shape index (κ2) is 9.75. The highest BCUT2D eigenvalue weighted by Crippen LogP contribution is 2.30. The molecule has 0 spiro atoms. The van der Waals surface area contributed by atoms with E-state index in [1.165, 1.54) is 0 Å². The molecule has 0 aliphatic heterocycles. The standard InChI is InChI=1S/C22H25N3O4/c1-4-19-18(15-23-25(19)17-8-6-5-7-9-17)22(26)24-16-10-11-20(28-3)21(14-16)29-13-12-27-2/h5-11,14-15H,4,12-13H2,1-3H3,(H,24,26). The predicted octanol–water partition coefficient (Wildman–Crippen LogP) is 3.72. The Kier molecular flexibility index (Phi) is 6.86. The van der Waals surface area contributed by atoms with Gasteiger partial charge in [0.05, 0.1) is 36.9 Å². The van der Waals surface area contributed by atoms with Crippen LogP contribution < -0.4 is 14.8 Å². The zero-order valence-electron chi connectivity index (χ0n) is 16.8. The quantitative estimate of drug-likeness (QED) is 0.559. The Morgan fingerprint density at radius 1 is 1.07 bits per heavy atom. The van der Waals surface area contributed by atoms with Gasteiger partial charge in [-0.1, -0.05) is 25.1 Å². The molecule has 0 unspecified atom stereocenters. The lowest BCUT2D eigenvalue weighted by molar-refractivity contribution is 0.102. The van der Waals surface area contributed by atoms with Gasteiger partial charge < -0.3 is 19.5 Å². The highest BCUT2D eigenvalue weighted by molar-refractivity contribution is 6.05. The van der Waals surface area contributed by atoms with E-state index in [1.807, 2.05) is 37.3 Å². The fourth-order valence-corrected chi connectivity index (χ4v) is 3.00. The average molecular weight is 395 g/mol. The number of nitrogens with zero attached hydrogens (tertiary/aromatic N) is 2. The van der Waals surface area contributed by atoms with Crippen molar-refractivity contribution in [3.8, 4) is 17.2 Å². The lowest BCUT2D eigenvalue weighted by Crippen LogP contribution is -2.14. The molecule has 0 aliphatic carbocycles. The third-order valence-electron chi connectivity index (χ3n) is 4.42. The normalized spacial score (nSPS) is 10.6. The van der Waals surface area contributed by atoms with Crippen LogP contribution in [0.3, 0.4) is 0 Å². The zero-order chi connectivity index (χ0) is 20.6. The van der Waals surface area contributed by atoms with Gasteiger partial charge in [-0.15, -0.1) is 0 Å². The van der Waals surface area contributed by atoms with Crippen LogP contribution in [0.2, 0.25) is 0 Å². The van der Waals surface area contributed by atoms with Gasteiger partial charge in [-0.05, 0) is 30.7 Å². The van der Waals surface area contributed by atoms with E-state index in [2.05, 4.69) is 10.4 Å². The summed E-state index contributed by atoms with van der Waals surface area (Å²) in [5, 5.41) is 7.33. The molecule has 3 aromatic rings. The zero-order valence-corrected chi connectivity index (χ0v) is 16.8. The Morgan fingerprint density at radius 3 is 2.55 bits per heavy atom. The predicted molar refractivity (Wildman–Crippen MR) is 111 cm³/mol. The molecule has 152 valence electrons. The van der Waals surface area contributed by atoms with Gasteiger partial charge in [0.2, 0.25) is 0 Å². The van der Waals surface area contributed by atoms with E-state index in [9.17, 15) is 4.79 Å². The number of amides is 1. The number of benzene rings is 2. The summed E-state index contributed by atoms with van der Waals surface area (Å²) in [6.07, 6.45) is 2.27. The lowest BCUT2D eigenvalue weighted by Gasteiger charge is -2.13. The van der Waals surface area contributed by atoms with E-state index in [1.54, 1.807) is 43.3 Å². The molecule has 29 heavy (non-hydrogen) atoms. The van der Waals surface area contributed by atoms with Crippen LogP contribution in [0, 0.1) is 0 Å². The molecule has 0 saturated carbocycles. The molecule has 0 atom stereocenters. The number of para-hydroxylation sites is 1. The monoisotopic (exact) mass is 395 g/mol. The van der Waals surface area contributed by atoms with Crippen molar-refractivity contribution in [1.29, 1.82) is 0 Å². The van der Waals surface area contributed by atoms with E-state index in [4.69, 9.17) is 14.2 Å². The molecule has 1 heterocycles. The van der Waals surface area contributed by atoms with E-state index in [-0.39, 0.29) is 5.91 Å². The summed E-state index contributed by atoms with van der Waals surface area (Å²) < 4.78 is 17.8. The molecule has 0 aliphatic rings. The van der Waals surface area contributed by atoms with Crippen LogP contribution in [0.1, 0.15) is 23.0 Å². The van der Waals surface area contributed by atoms with E-state index >= 15 is 0 Å². The maximum Gasteiger partial charge on any atom is 0.259 e. The molecule has 7 heteroatoms. The number of ether oxygens (including phenoxy) is 3. The van der Waals surface area contributed by atoms with Crippen molar-refractivity contribution in [3.05, 3.63) is 66.0 Å². The smallest absolute Gasteiger partial charge is 0.259 e. The molecule has 2 aromatic carbocycles. The van der Waals surface area contributed by atoms with Gasteiger partial charge in [-0.2, -0.15) is 5.10 Å². The fourth-order valence-electron chi connectivity index (χ4n) is 3.00. The van der Waals surface area contributed by atoms with E-state index in [0.717, 1.165) is 11.4 Å². The number of aromatic nitrogens is 2. The summed E-state index contributed by atoms with van der Waals surface area (Å²) in [5.74, 6) is 0.903. The first-order valence-electron chi connectivity index (χ1n) is 9.41. The fraction of sp³-hybridized carbons (Fsp3) is 0.273. The number of nitrogens with one attached hydrogen (secondary N) is 1. The van der Waals surface area contributed by atoms with Crippen molar-refractivity contribution < 1.29 is 19.0 Å². The van der Waals surface area contributed by atoms with E-state index in [0.29, 0.717) is 42.4 Å². The molecular formula is C22H25N3O4.